The van der Waals surface area contributed by atoms with E-state index in [4.69, 9.17) is 5.26 Å². The van der Waals surface area contributed by atoms with Gasteiger partial charge >= 0.3 is 0 Å². The van der Waals surface area contributed by atoms with Crippen molar-refractivity contribution < 1.29 is 0 Å². The first-order valence-corrected chi connectivity index (χ1v) is 6.99. The number of pyridine rings is 1. The Morgan fingerprint density at radius 2 is 2.26 bits per heavy atom. The summed E-state index contributed by atoms with van der Waals surface area (Å²) in [4.78, 5) is 4.22. The van der Waals surface area contributed by atoms with Crippen molar-refractivity contribution in [2.45, 2.75) is 26.3 Å². The lowest BCUT2D eigenvalue weighted by molar-refractivity contribution is 0.564. The van der Waals surface area contributed by atoms with E-state index in [9.17, 15) is 0 Å². The summed E-state index contributed by atoms with van der Waals surface area (Å²) in [6.07, 6.45) is 2.64. The first-order chi connectivity index (χ1) is 9.24. The van der Waals surface area contributed by atoms with E-state index < -0.39 is 0 Å². The van der Waals surface area contributed by atoms with Crippen molar-refractivity contribution in [3.05, 3.63) is 28.9 Å². The second kappa shape index (κ2) is 6.36. The molecule has 19 heavy (non-hydrogen) atoms. The van der Waals surface area contributed by atoms with Crippen LogP contribution in [-0.2, 0) is 0 Å². The van der Waals surface area contributed by atoms with E-state index in [0.29, 0.717) is 5.56 Å². The monoisotopic (exact) mass is 273 g/mol. The van der Waals surface area contributed by atoms with Gasteiger partial charge in [-0.05, 0) is 32.0 Å². The number of nitrogens with zero attached hydrogens (tertiary/aromatic N) is 4. The molecule has 1 unspecified atom stereocenters. The van der Waals surface area contributed by atoms with Gasteiger partial charge in [0, 0.05) is 6.20 Å². The summed E-state index contributed by atoms with van der Waals surface area (Å²) < 4.78 is 0. The van der Waals surface area contributed by atoms with E-state index in [1.807, 2.05) is 6.07 Å². The molecule has 2 aromatic heterocycles. The molecule has 6 heteroatoms. The van der Waals surface area contributed by atoms with Gasteiger partial charge in [0.1, 0.15) is 16.8 Å². The summed E-state index contributed by atoms with van der Waals surface area (Å²) in [6, 6.07) is 5.78. The standard InChI is InChI=1S/C13H15N5S/c1-3-6-15-9(2)12-17-18-13(19-12)11-5-4-10(7-14)8-16-11/h4-5,8-9,15H,3,6H2,1-2H3. The third-order valence-corrected chi connectivity index (χ3v) is 3.75. The first-order valence-electron chi connectivity index (χ1n) is 6.18. The minimum absolute atomic E-state index is 0.199. The minimum atomic E-state index is 0.199. The third kappa shape index (κ3) is 3.34. The van der Waals surface area contributed by atoms with Gasteiger partial charge in [0.15, 0.2) is 5.01 Å². The molecule has 2 rings (SSSR count). The molecule has 0 aliphatic heterocycles. The molecule has 0 amide bonds. The number of hydrogen-bond donors (Lipinski definition) is 1. The predicted octanol–water partition coefficient (Wildman–Crippen LogP) is 2.53. The molecular formula is C13H15N5S. The van der Waals surface area contributed by atoms with E-state index >= 15 is 0 Å². The summed E-state index contributed by atoms with van der Waals surface area (Å²) in [6.45, 7) is 5.17. The van der Waals surface area contributed by atoms with Crippen molar-refractivity contribution in [2.24, 2.45) is 0 Å². The van der Waals surface area contributed by atoms with Crippen molar-refractivity contribution in [2.75, 3.05) is 6.54 Å². The average molecular weight is 273 g/mol. The zero-order valence-electron chi connectivity index (χ0n) is 10.9. The van der Waals surface area contributed by atoms with Crippen molar-refractivity contribution in [3.63, 3.8) is 0 Å². The van der Waals surface area contributed by atoms with Gasteiger partial charge in [-0.15, -0.1) is 10.2 Å². The van der Waals surface area contributed by atoms with Crippen molar-refractivity contribution in [1.82, 2.24) is 20.5 Å². The van der Waals surface area contributed by atoms with Crippen LogP contribution in [0.3, 0.4) is 0 Å². The molecule has 0 fully saturated rings. The molecular weight excluding hydrogens is 258 g/mol. The highest BCUT2D eigenvalue weighted by atomic mass is 32.1. The zero-order chi connectivity index (χ0) is 13.7. The van der Waals surface area contributed by atoms with Crippen LogP contribution in [0.1, 0.15) is 36.9 Å². The summed E-state index contributed by atoms with van der Waals surface area (Å²) >= 11 is 1.53. The first kappa shape index (κ1) is 13.6. The van der Waals surface area contributed by atoms with Gasteiger partial charge in [0.05, 0.1) is 11.6 Å². The highest BCUT2D eigenvalue weighted by molar-refractivity contribution is 7.14. The Balaban J connectivity index is 2.13. The van der Waals surface area contributed by atoms with Crippen LogP contribution < -0.4 is 5.32 Å². The molecule has 0 aromatic carbocycles. The quantitative estimate of drug-likeness (QED) is 0.906. The van der Waals surface area contributed by atoms with Gasteiger partial charge in [-0.1, -0.05) is 18.3 Å². The third-order valence-electron chi connectivity index (χ3n) is 2.62. The minimum Gasteiger partial charge on any atom is -0.308 e. The molecule has 0 radical (unpaired) electrons. The van der Waals surface area contributed by atoms with Gasteiger partial charge in [0.2, 0.25) is 0 Å². The Morgan fingerprint density at radius 1 is 1.42 bits per heavy atom. The predicted molar refractivity (Wildman–Crippen MR) is 74.6 cm³/mol. The average Bonchev–Trinajstić information content (AvgIpc) is 2.94. The van der Waals surface area contributed by atoms with E-state index in [1.165, 1.54) is 11.3 Å². The van der Waals surface area contributed by atoms with Crippen molar-refractivity contribution in [1.29, 1.82) is 5.26 Å². The van der Waals surface area contributed by atoms with E-state index in [1.54, 1.807) is 18.3 Å². The molecule has 0 aliphatic carbocycles. The topological polar surface area (TPSA) is 74.5 Å². The van der Waals surface area contributed by atoms with Gasteiger partial charge in [0.25, 0.3) is 0 Å². The largest absolute Gasteiger partial charge is 0.308 e. The lowest BCUT2D eigenvalue weighted by Gasteiger charge is -2.08. The molecule has 0 aliphatic rings. The number of nitrogens with one attached hydrogen (secondary N) is 1. The Morgan fingerprint density at radius 3 is 2.89 bits per heavy atom. The molecule has 98 valence electrons. The number of hydrogen-bond acceptors (Lipinski definition) is 6. The van der Waals surface area contributed by atoms with E-state index in [0.717, 1.165) is 28.7 Å². The second-order valence-electron chi connectivity index (χ2n) is 4.17. The van der Waals surface area contributed by atoms with Gasteiger partial charge in [-0.2, -0.15) is 5.26 Å². The molecule has 1 N–H and O–H groups in total. The summed E-state index contributed by atoms with van der Waals surface area (Å²) in [5.74, 6) is 0. The fraction of sp³-hybridized carbons (Fsp3) is 0.385. The Kier molecular flexibility index (Phi) is 4.55. The van der Waals surface area contributed by atoms with Crippen LogP contribution in [0, 0.1) is 11.3 Å². The summed E-state index contributed by atoms with van der Waals surface area (Å²) in [7, 11) is 0. The van der Waals surface area contributed by atoms with Crippen molar-refractivity contribution in [3.8, 4) is 16.8 Å². The van der Waals surface area contributed by atoms with Crippen molar-refractivity contribution >= 4 is 11.3 Å². The fourth-order valence-electron chi connectivity index (χ4n) is 1.55. The lowest BCUT2D eigenvalue weighted by atomic mass is 10.3. The molecule has 2 heterocycles. The maximum absolute atomic E-state index is 8.73. The fourth-order valence-corrected chi connectivity index (χ4v) is 2.39. The number of rotatable bonds is 5. The van der Waals surface area contributed by atoms with Crippen LogP contribution >= 0.6 is 11.3 Å². The lowest BCUT2D eigenvalue weighted by Crippen LogP contribution is -2.18. The van der Waals surface area contributed by atoms with Gasteiger partial charge < -0.3 is 5.32 Å². The smallest absolute Gasteiger partial charge is 0.166 e. The SMILES string of the molecule is CCCNC(C)c1nnc(-c2ccc(C#N)cn2)s1. The molecule has 5 nitrogen and oxygen atoms in total. The van der Waals surface area contributed by atoms with E-state index in [-0.39, 0.29) is 6.04 Å². The zero-order valence-corrected chi connectivity index (χ0v) is 11.7. The van der Waals surface area contributed by atoms with Crippen LogP contribution in [0.15, 0.2) is 18.3 Å². The van der Waals surface area contributed by atoms with Crippen LogP contribution in [0.5, 0.6) is 0 Å². The highest BCUT2D eigenvalue weighted by Crippen LogP contribution is 2.25. The molecule has 0 spiro atoms. The number of nitriles is 1. The number of aromatic nitrogens is 3. The van der Waals surface area contributed by atoms with Gasteiger partial charge in [-0.3, -0.25) is 4.98 Å². The van der Waals surface area contributed by atoms with E-state index in [2.05, 4.69) is 34.3 Å². The summed E-state index contributed by atoms with van der Waals surface area (Å²) in [5.41, 5.74) is 1.30. The highest BCUT2D eigenvalue weighted by Gasteiger charge is 2.12. The van der Waals surface area contributed by atoms with Gasteiger partial charge in [-0.25, -0.2) is 0 Å². The maximum atomic E-state index is 8.73. The molecule has 1 atom stereocenters. The normalized spacial score (nSPS) is 12.1. The molecule has 0 saturated carbocycles. The maximum Gasteiger partial charge on any atom is 0.166 e. The van der Waals surface area contributed by atoms with Crippen LogP contribution in [0.25, 0.3) is 10.7 Å². The Bertz CT molecular complexity index is 569. The molecule has 0 bridgehead atoms. The summed E-state index contributed by atoms with van der Waals surface area (Å²) in [5, 5.41) is 22.2. The second-order valence-corrected chi connectivity index (χ2v) is 5.17. The van der Waals surface area contributed by atoms with Crippen LogP contribution in [-0.4, -0.2) is 21.7 Å². The van der Waals surface area contributed by atoms with Crippen LogP contribution in [0.4, 0.5) is 0 Å². The molecule has 0 saturated heterocycles. The Hall–Kier alpha value is -1.84. The molecule has 2 aromatic rings. The van der Waals surface area contributed by atoms with Crippen LogP contribution in [0.2, 0.25) is 0 Å². The Labute approximate surface area is 116 Å².